The number of likely N-dealkylation sites (tertiary alicyclic amines) is 1. The average Bonchev–Trinajstić information content (AvgIpc) is 2.40. The van der Waals surface area contributed by atoms with E-state index in [1.807, 2.05) is 29.2 Å². The Kier molecular flexibility index (Phi) is 4.20. The molecule has 1 heterocycles. The van der Waals surface area contributed by atoms with Gasteiger partial charge in [0, 0.05) is 0 Å². The summed E-state index contributed by atoms with van der Waals surface area (Å²) < 4.78 is 5.09. The van der Waals surface area contributed by atoms with E-state index in [1.54, 1.807) is 7.11 Å². The van der Waals surface area contributed by atoms with Crippen molar-refractivity contribution in [3.05, 3.63) is 29.8 Å². The van der Waals surface area contributed by atoms with Crippen LogP contribution in [0.3, 0.4) is 0 Å². The monoisotopic (exact) mass is 249 g/mol. The fraction of sp³-hybridized carbons (Fsp3) is 0.500. The molecule has 4 nitrogen and oxygen atoms in total. The molecule has 18 heavy (non-hydrogen) atoms. The first-order valence-electron chi connectivity index (χ1n) is 6.33. The largest absolute Gasteiger partial charge is 0.497 e. The molecule has 4 heteroatoms. The van der Waals surface area contributed by atoms with Crippen LogP contribution in [0.2, 0.25) is 0 Å². The molecule has 0 radical (unpaired) electrons. The third kappa shape index (κ3) is 2.82. The Morgan fingerprint density at radius 3 is 2.33 bits per heavy atom. The molecule has 1 N–H and O–H groups in total. The Morgan fingerprint density at radius 2 is 1.83 bits per heavy atom. The number of carboxylic acid groups (broad SMARTS) is 1. The van der Waals surface area contributed by atoms with E-state index >= 15 is 0 Å². The lowest BCUT2D eigenvalue weighted by Crippen LogP contribution is -2.37. The van der Waals surface area contributed by atoms with Gasteiger partial charge in [-0.1, -0.05) is 18.6 Å². The van der Waals surface area contributed by atoms with Gasteiger partial charge in [0.05, 0.1) is 7.11 Å². The van der Waals surface area contributed by atoms with Crippen molar-refractivity contribution in [3.8, 4) is 5.75 Å². The first-order chi connectivity index (χ1) is 8.72. The third-order valence-corrected chi connectivity index (χ3v) is 3.42. The van der Waals surface area contributed by atoms with Gasteiger partial charge >= 0.3 is 5.97 Å². The van der Waals surface area contributed by atoms with Crippen molar-refractivity contribution in [2.75, 3.05) is 20.2 Å². The Balaban J connectivity index is 2.20. The molecule has 0 saturated carbocycles. The van der Waals surface area contributed by atoms with Gasteiger partial charge in [-0.2, -0.15) is 0 Å². The van der Waals surface area contributed by atoms with Gasteiger partial charge in [0.15, 0.2) is 0 Å². The summed E-state index contributed by atoms with van der Waals surface area (Å²) in [5.41, 5.74) is 0.824. The van der Waals surface area contributed by atoms with Crippen LogP contribution < -0.4 is 4.74 Å². The average molecular weight is 249 g/mol. The van der Waals surface area contributed by atoms with Crippen LogP contribution in [0.25, 0.3) is 0 Å². The highest BCUT2D eigenvalue weighted by Crippen LogP contribution is 2.26. The predicted molar refractivity (Wildman–Crippen MR) is 68.8 cm³/mol. The van der Waals surface area contributed by atoms with E-state index in [4.69, 9.17) is 4.74 Å². The minimum atomic E-state index is -0.776. The summed E-state index contributed by atoms with van der Waals surface area (Å²) in [6, 6.07) is 6.78. The molecule has 0 aromatic heterocycles. The quantitative estimate of drug-likeness (QED) is 0.889. The second-order valence-electron chi connectivity index (χ2n) is 4.61. The van der Waals surface area contributed by atoms with Crippen molar-refractivity contribution < 1.29 is 14.6 Å². The van der Waals surface area contributed by atoms with E-state index in [2.05, 4.69) is 0 Å². The Bertz CT molecular complexity index is 396. The maximum atomic E-state index is 11.5. The molecule has 1 aliphatic rings. The molecule has 1 saturated heterocycles. The molecule has 1 fully saturated rings. The number of rotatable bonds is 4. The molecule has 98 valence electrons. The molecule has 1 aliphatic heterocycles. The minimum Gasteiger partial charge on any atom is -0.497 e. The van der Waals surface area contributed by atoms with Crippen molar-refractivity contribution in [2.45, 2.75) is 25.3 Å². The molecule has 0 bridgehead atoms. The first-order valence-corrected chi connectivity index (χ1v) is 6.33. The number of benzene rings is 1. The van der Waals surface area contributed by atoms with Gasteiger partial charge < -0.3 is 9.84 Å². The summed E-state index contributed by atoms with van der Waals surface area (Å²) in [4.78, 5) is 13.5. The number of hydrogen-bond acceptors (Lipinski definition) is 3. The summed E-state index contributed by atoms with van der Waals surface area (Å²) in [7, 11) is 1.61. The molecule has 2 rings (SSSR count). The van der Waals surface area contributed by atoms with Crippen LogP contribution in [-0.4, -0.2) is 36.2 Å². The molecule has 0 spiro atoms. The lowest BCUT2D eigenvalue weighted by molar-refractivity contribution is -0.144. The first kappa shape index (κ1) is 12.9. The standard InChI is InChI=1S/C14H19NO3/c1-18-12-7-5-11(6-8-12)13(14(16)17)15-9-3-2-4-10-15/h5-8,13H,2-4,9-10H2,1H3,(H,16,17)/t13-/m1/s1. The maximum absolute atomic E-state index is 11.5. The fourth-order valence-electron chi connectivity index (χ4n) is 2.47. The van der Waals surface area contributed by atoms with E-state index in [0.29, 0.717) is 0 Å². The van der Waals surface area contributed by atoms with Crippen LogP contribution in [0.1, 0.15) is 30.9 Å². The summed E-state index contributed by atoms with van der Waals surface area (Å²) in [5.74, 6) is -0.0244. The molecular weight excluding hydrogens is 230 g/mol. The number of carboxylic acids is 1. The molecule has 0 unspecified atom stereocenters. The van der Waals surface area contributed by atoms with E-state index in [0.717, 1.165) is 37.2 Å². The summed E-state index contributed by atoms with van der Waals surface area (Å²) in [5, 5.41) is 9.43. The highest BCUT2D eigenvalue weighted by Gasteiger charge is 2.28. The molecule has 1 aromatic rings. The van der Waals surface area contributed by atoms with Gasteiger partial charge in [-0.05, 0) is 43.6 Å². The van der Waals surface area contributed by atoms with Crippen molar-refractivity contribution in [1.82, 2.24) is 4.90 Å². The normalized spacial score (nSPS) is 18.3. The number of ether oxygens (including phenoxy) is 1. The van der Waals surface area contributed by atoms with Gasteiger partial charge in [0.25, 0.3) is 0 Å². The second kappa shape index (κ2) is 5.87. The molecule has 0 aliphatic carbocycles. The lowest BCUT2D eigenvalue weighted by atomic mass is 10.0. The minimum absolute atomic E-state index is 0.531. The van der Waals surface area contributed by atoms with Gasteiger partial charge in [-0.15, -0.1) is 0 Å². The number of methoxy groups -OCH3 is 1. The lowest BCUT2D eigenvalue weighted by Gasteiger charge is -2.32. The number of aliphatic carboxylic acids is 1. The van der Waals surface area contributed by atoms with Crippen molar-refractivity contribution >= 4 is 5.97 Å². The number of hydrogen-bond donors (Lipinski definition) is 1. The van der Waals surface area contributed by atoms with Crippen molar-refractivity contribution in [2.24, 2.45) is 0 Å². The topological polar surface area (TPSA) is 49.8 Å². The van der Waals surface area contributed by atoms with Crippen LogP contribution in [0.5, 0.6) is 5.75 Å². The van der Waals surface area contributed by atoms with E-state index < -0.39 is 12.0 Å². The molecule has 1 aromatic carbocycles. The summed E-state index contributed by atoms with van der Waals surface area (Å²) in [6.07, 6.45) is 3.37. The zero-order chi connectivity index (χ0) is 13.0. The molecule has 1 atom stereocenters. The third-order valence-electron chi connectivity index (χ3n) is 3.42. The van der Waals surface area contributed by atoms with Crippen molar-refractivity contribution in [1.29, 1.82) is 0 Å². The highest BCUT2D eigenvalue weighted by molar-refractivity contribution is 5.75. The maximum Gasteiger partial charge on any atom is 0.325 e. The van der Waals surface area contributed by atoms with Gasteiger partial charge in [0.2, 0.25) is 0 Å². The van der Waals surface area contributed by atoms with Gasteiger partial charge in [-0.3, -0.25) is 9.69 Å². The number of carbonyl (C=O) groups is 1. The second-order valence-corrected chi connectivity index (χ2v) is 4.61. The van der Waals surface area contributed by atoms with E-state index in [-0.39, 0.29) is 0 Å². The zero-order valence-electron chi connectivity index (χ0n) is 10.6. The van der Waals surface area contributed by atoms with Gasteiger partial charge in [-0.25, -0.2) is 0 Å². The molecule has 0 amide bonds. The number of nitrogens with zero attached hydrogens (tertiary/aromatic N) is 1. The van der Waals surface area contributed by atoms with Crippen LogP contribution >= 0.6 is 0 Å². The van der Waals surface area contributed by atoms with Crippen LogP contribution in [0.15, 0.2) is 24.3 Å². The van der Waals surface area contributed by atoms with E-state index in [9.17, 15) is 9.90 Å². The Hall–Kier alpha value is -1.55. The van der Waals surface area contributed by atoms with Crippen LogP contribution in [0.4, 0.5) is 0 Å². The highest BCUT2D eigenvalue weighted by atomic mass is 16.5. The smallest absolute Gasteiger partial charge is 0.325 e. The van der Waals surface area contributed by atoms with Gasteiger partial charge in [0.1, 0.15) is 11.8 Å². The SMILES string of the molecule is COc1ccc([C@H](C(=O)O)N2CCCCC2)cc1. The summed E-state index contributed by atoms with van der Waals surface area (Å²) >= 11 is 0. The van der Waals surface area contributed by atoms with Crippen molar-refractivity contribution in [3.63, 3.8) is 0 Å². The van der Waals surface area contributed by atoms with E-state index in [1.165, 1.54) is 6.42 Å². The van der Waals surface area contributed by atoms with Crippen LogP contribution in [-0.2, 0) is 4.79 Å². The zero-order valence-corrected chi connectivity index (χ0v) is 10.6. The molecular formula is C14H19NO3. The summed E-state index contributed by atoms with van der Waals surface area (Å²) in [6.45, 7) is 1.73. The predicted octanol–water partition coefficient (Wildman–Crippen LogP) is 2.31. The van der Waals surface area contributed by atoms with Crippen LogP contribution in [0, 0.1) is 0 Å². The number of piperidine rings is 1. The fourth-order valence-corrected chi connectivity index (χ4v) is 2.47. The Labute approximate surface area is 107 Å². The Morgan fingerprint density at radius 1 is 1.22 bits per heavy atom.